The van der Waals surface area contributed by atoms with Gasteiger partial charge in [0, 0.05) is 24.5 Å². The van der Waals surface area contributed by atoms with E-state index in [9.17, 15) is 5.11 Å². The van der Waals surface area contributed by atoms with E-state index in [2.05, 4.69) is 26.8 Å². The van der Waals surface area contributed by atoms with Crippen molar-refractivity contribution < 1.29 is 5.11 Å². The van der Waals surface area contributed by atoms with E-state index in [1.807, 2.05) is 24.3 Å². The van der Waals surface area contributed by atoms with Crippen LogP contribution in [0.2, 0.25) is 0 Å². The molecule has 0 amide bonds. The molecule has 5 heteroatoms. The molecule has 21 heavy (non-hydrogen) atoms. The molecule has 1 aliphatic rings. The minimum atomic E-state index is 0.168. The highest BCUT2D eigenvalue weighted by Gasteiger charge is 2.25. The molecule has 110 valence electrons. The van der Waals surface area contributed by atoms with Gasteiger partial charge in [-0.25, -0.2) is 9.97 Å². The number of hydrogen-bond donors (Lipinski definition) is 1. The van der Waals surface area contributed by atoms with Gasteiger partial charge in [-0.05, 0) is 31.4 Å². The minimum absolute atomic E-state index is 0.168. The van der Waals surface area contributed by atoms with Crippen LogP contribution in [0.5, 0.6) is 0 Å². The molecule has 3 heterocycles. The lowest BCUT2D eigenvalue weighted by molar-refractivity contribution is 0.266. The number of anilines is 1. The summed E-state index contributed by atoms with van der Waals surface area (Å²) >= 11 is 0. The summed E-state index contributed by atoms with van der Waals surface area (Å²) in [5.74, 6) is 1.56. The van der Waals surface area contributed by atoms with Gasteiger partial charge in [0.2, 0.25) is 0 Å². The average Bonchev–Trinajstić information content (AvgIpc) is 3.04. The van der Waals surface area contributed by atoms with Crippen molar-refractivity contribution in [3.05, 3.63) is 36.2 Å². The third-order valence-corrected chi connectivity index (χ3v) is 3.90. The van der Waals surface area contributed by atoms with Gasteiger partial charge in [0.25, 0.3) is 0 Å². The molecule has 3 rings (SSSR count). The second-order valence-corrected chi connectivity index (χ2v) is 5.28. The van der Waals surface area contributed by atoms with E-state index >= 15 is 0 Å². The summed E-state index contributed by atoms with van der Waals surface area (Å²) in [7, 11) is 0. The SMILES string of the molecule is CCc1cc(N2CCC[C@@H]2CO)nc(-c2ccccn2)n1. The van der Waals surface area contributed by atoms with Crippen LogP contribution in [-0.4, -0.2) is 39.3 Å². The molecular formula is C16H20N4O. The van der Waals surface area contributed by atoms with Gasteiger partial charge >= 0.3 is 0 Å². The molecule has 1 N–H and O–H groups in total. The third kappa shape index (κ3) is 2.88. The third-order valence-electron chi connectivity index (χ3n) is 3.90. The highest BCUT2D eigenvalue weighted by molar-refractivity contribution is 5.54. The maximum atomic E-state index is 9.51. The maximum Gasteiger partial charge on any atom is 0.180 e. The zero-order valence-corrected chi connectivity index (χ0v) is 12.2. The predicted octanol–water partition coefficient (Wildman–Crippen LogP) is 2.06. The van der Waals surface area contributed by atoms with E-state index in [-0.39, 0.29) is 12.6 Å². The van der Waals surface area contributed by atoms with Crippen LogP contribution >= 0.6 is 0 Å². The fraction of sp³-hybridized carbons (Fsp3) is 0.438. The van der Waals surface area contributed by atoms with Gasteiger partial charge in [-0.3, -0.25) is 4.98 Å². The van der Waals surface area contributed by atoms with Gasteiger partial charge in [-0.1, -0.05) is 13.0 Å². The van der Waals surface area contributed by atoms with Crippen LogP contribution in [0.25, 0.3) is 11.5 Å². The molecule has 2 aromatic heterocycles. The predicted molar refractivity (Wildman–Crippen MR) is 82.1 cm³/mol. The molecule has 0 spiro atoms. The summed E-state index contributed by atoms with van der Waals surface area (Å²) in [5.41, 5.74) is 1.79. The number of rotatable bonds is 4. The fourth-order valence-electron chi connectivity index (χ4n) is 2.75. The number of aliphatic hydroxyl groups is 1. The van der Waals surface area contributed by atoms with E-state index in [1.165, 1.54) is 0 Å². The number of hydrogen-bond acceptors (Lipinski definition) is 5. The highest BCUT2D eigenvalue weighted by atomic mass is 16.3. The molecule has 0 unspecified atom stereocenters. The number of aryl methyl sites for hydroxylation is 1. The Balaban J connectivity index is 2.01. The van der Waals surface area contributed by atoms with E-state index in [1.54, 1.807) is 6.20 Å². The van der Waals surface area contributed by atoms with Crippen LogP contribution in [0.4, 0.5) is 5.82 Å². The Bertz CT molecular complexity index is 602. The Morgan fingerprint density at radius 3 is 2.95 bits per heavy atom. The summed E-state index contributed by atoms with van der Waals surface area (Å²) in [6.07, 6.45) is 4.72. The van der Waals surface area contributed by atoms with Crippen LogP contribution in [0.3, 0.4) is 0 Å². The highest BCUT2D eigenvalue weighted by Crippen LogP contribution is 2.26. The molecule has 0 saturated carbocycles. The maximum absolute atomic E-state index is 9.51. The second kappa shape index (κ2) is 6.18. The first-order chi connectivity index (χ1) is 10.3. The van der Waals surface area contributed by atoms with Crippen molar-refractivity contribution in [2.45, 2.75) is 32.2 Å². The van der Waals surface area contributed by atoms with Crippen LogP contribution in [0, 0.1) is 0 Å². The van der Waals surface area contributed by atoms with Crippen molar-refractivity contribution in [2.75, 3.05) is 18.1 Å². The van der Waals surface area contributed by atoms with E-state index < -0.39 is 0 Å². The summed E-state index contributed by atoms with van der Waals surface area (Å²) in [6.45, 7) is 3.19. The van der Waals surface area contributed by atoms with Crippen molar-refractivity contribution in [3.8, 4) is 11.5 Å². The molecule has 0 aromatic carbocycles. The number of nitrogens with zero attached hydrogens (tertiary/aromatic N) is 4. The lowest BCUT2D eigenvalue weighted by Gasteiger charge is -2.24. The van der Waals surface area contributed by atoms with E-state index in [4.69, 9.17) is 0 Å². The van der Waals surface area contributed by atoms with Crippen LogP contribution in [0.15, 0.2) is 30.5 Å². The number of pyridine rings is 1. The Labute approximate surface area is 124 Å². The Kier molecular flexibility index (Phi) is 4.10. The topological polar surface area (TPSA) is 62.1 Å². The van der Waals surface area contributed by atoms with Crippen molar-refractivity contribution in [1.29, 1.82) is 0 Å². The largest absolute Gasteiger partial charge is 0.394 e. The summed E-state index contributed by atoms with van der Waals surface area (Å²) in [4.78, 5) is 15.8. The van der Waals surface area contributed by atoms with Crippen LogP contribution < -0.4 is 4.90 Å². The monoisotopic (exact) mass is 284 g/mol. The van der Waals surface area contributed by atoms with Crippen LogP contribution in [0.1, 0.15) is 25.5 Å². The van der Waals surface area contributed by atoms with Gasteiger partial charge in [0.15, 0.2) is 5.82 Å². The molecule has 0 radical (unpaired) electrons. The Morgan fingerprint density at radius 2 is 2.24 bits per heavy atom. The molecule has 1 fully saturated rings. The Morgan fingerprint density at radius 1 is 1.33 bits per heavy atom. The van der Waals surface area contributed by atoms with Gasteiger partial charge in [-0.2, -0.15) is 0 Å². The zero-order chi connectivity index (χ0) is 14.7. The van der Waals surface area contributed by atoms with Crippen molar-refractivity contribution >= 4 is 5.82 Å². The zero-order valence-electron chi connectivity index (χ0n) is 12.2. The standard InChI is InChI=1S/C16H20N4O/c1-2-12-10-15(20-9-5-6-13(20)11-21)19-16(18-12)14-7-3-4-8-17-14/h3-4,7-8,10,13,21H,2,5-6,9,11H2,1H3/t13-/m1/s1. The van der Waals surface area contributed by atoms with Crippen molar-refractivity contribution in [1.82, 2.24) is 15.0 Å². The first-order valence-electron chi connectivity index (χ1n) is 7.48. The molecule has 2 aromatic rings. The Hall–Kier alpha value is -2.01. The van der Waals surface area contributed by atoms with Gasteiger partial charge < -0.3 is 10.0 Å². The number of aromatic nitrogens is 3. The smallest absolute Gasteiger partial charge is 0.180 e. The molecule has 5 nitrogen and oxygen atoms in total. The lowest BCUT2D eigenvalue weighted by atomic mass is 10.2. The molecule has 1 aliphatic heterocycles. The molecule has 0 aliphatic carbocycles. The quantitative estimate of drug-likeness (QED) is 0.931. The van der Waals surface area contributed by atoms with Gasteiger partial charge in [0.05, 0.1) is 12.6 Å². The van der Waals surface area contributed by atoms with E-state index in [0.717, 1.165) is 43.0 Å². The summed E-state index contributed by atoms with van der Waals surface area (Å²) in [6, 6.07) is 7.94. The molecular weight excluding hydrogens is 264 g/mol. The lowest BCUT2D eigenvalue weighted by Crippen LogP contribution is -2.33. The van der Waals surface area contributed by atoms with Crippen molar-refractivity contribution in [3.63, 3.8) is 0 Å². The normalized spacial score (nSPS) is 18.2. The average molecular weight is 284 g/mol. The first kappa shape index (κ1) is 13.9. The molecule has 1 saturated heterocycles. The summed E-state index contributed by atoms with van der Waals surface area (Å²) in [5, 5.41) is 9.51. The van der Waals surface area contributed by atoms with Crippen LogP contribution in [-0.2, 0) is 6.42 Å². The molecule has 0 bridgehead atoms. The van der Waals surface area contributed by atoms with Crippen molar-refractivity contribution in [2.24, 2.45) is 0 Å². The van der Waals surface area contributed by atoms with E-state index in [0.29, 0.717) is 5.82 Å². The van der Waals surface area contributed by atoms with Gasteiger partial charge in [0.1, 0.15) is 11.5 Å². The first-order valence-corrected chi connectivity index (χ1v) is 7.48. The number of aliphatic hydroxyl groups excluding tert-OH is 1. The summed E-state index contributed by atoms with van der Waals surface area (Å²) < 4.78 is 0. The van der Waals surface area contributed by atoms with Gasteiger partial charge in [-0.15, -0.1) is 0 Å². The molecule has 1 atom stereocenters. The fourth-order valence-corrected chi connectivity index (χ4v) is 2.75. The second-order valence-electron chi connectivity index (χ2n) is 5.28. The minimum Gasteiger partial charge on any atom is -0.394 e.